The van der Waals surface area contributed by atoms with Gasteiger partial charge in [-0.15, -0.1) is 0 Å². The van der Waals surface area contributed by atoms with Crippen LogP contribution in [-0.2, 0) is 9.59 Å². The Kier molecular flexibility index (Phi) is 4.56. The fourth-order valence-electron chi connectivity index (χ4n) is 7.67. The van der Waals surface area contributed by atoms with Crippen LogP contribution in [0.15, 0.2) is 34.3 Å². The second-order valence-corrected chi connectivity index (χ2v) is 12.2. The third-order valence-corrected chi connectivity index (χ3v) is 10.8. The molecule has 4 heteroatoms. The van der Waals surface area contributed by atoms with Crippen molar-refractivity contribution in [2.75, 3.05) is 0 Å². The van der Waals surface area contributed by atoms with Gasteiger partial charge >= 0.3 is 0 Å². The number of aliphatic imine (C=N–C) groups is 2. The van der Waals surface area contributed by atoms with Crippen LogP contribution < -0.4 is 0 Å². The maximum Gasteiger partial charge on any atom is 0.147 e. The average molecular weight is 433 g/mol. The Labute approximate surface area is 192 Å². The molecule has 4 saturated carbocycles. The van der Waals surface area contributed by atoms with Crippen LogP contribution in [0, 0.1) is 45.3 Å². The quantitative estimate of drug-likeness (QED) is 0.519. The molecule has 0 N–H and O–H groups in total. The lowest BCUT2D eigenvalue weighted by atomic mass is 9.67. The molecule has 0 aliphatic heterocycles. The van der Waals surface area contributed by atoms with Crippen molar-refractivity contribution in [3.63, 3.8) is 0 Å². The van der Waals surface area contributed by atoms with Crippen LogP contribution in [0.1, 0.15) is 67.2 Å². The van der Waals surface area contributed by atoms with Crippen LogP contribution in [0.2, 0.25) is 0 Å². The summed E-state index contributed by atoms with van der Waals surface area (Å²) in [6.45, 7) is 13.3. The highest BCUT2D eigenvalue weighted by atomic mass is 16.1. The number of carbonyl (C=O) groups excluding carboxylic acids is 2. The fraction of sp³-hybridized carbons (Fsp3) is 0.643. The number of rotatable bonds is 4. The number of ketones is 2. The minimum Gasteiger partial charge on any atom is -0.299 e. The molecule has 4 nitrogen and oxygen atoms in total. The molecule has 4 aliphatic rings. The van der Waals surface area contributed by atoms with Gasteiger partial charge in [0.15, 0.2) is 0 Å². The van der Waals surface area contributed by atoms with Gasteiger partial charge in [-0.3, -0.25) is 19.6 Å². The Hall–Kier alpha value is -2.10. The van der Waals surface area contributed by atoms with E-state index in [9.17, 15) is 9.59 Å². The highest BCUT2D eigenvalue weighted by molar-refractivity contribution is 6.03. The van der Waals surface area contributed by atoms with Gasteiger partial charge in [0.05, 0.1) is 23.2 Å². The highest BCUT2D eigenvalue weighted by Gasteiger charge is 2.66. The predicted molar refractivity (Wildman–Crippen MR) is 129 cm³/mol. The van der Waals surface area contributed by atoms with Crippen molar-refractivity contribution in [3.8, 4) is 0 Å². The first kappa shape index (κ1) is 21.7. The van der Waals surface area contributed by atoms with Crippen molar-refractivity contribution >= 4 is 35.4 Å². The van der Waals surface area contributed by atoms with Crippen LogP contribution in [0.25, 0.3) is 0 Å². The molecule has 0 aromatic heterocycles. The molecule has 32 heavy (non-hydrogen) atoms. The lowest BCUT2D eigenvalue weighted by molar-refractivity contribution is -0.129. The minimum absolute atomic E-state index is 0.0167. The van der Waals surface area contributed by atoms with Crippen LogP contribution in [0.4, 0.5) is 11.4 Å². The van der Waals surface area contributed by atoms with Gasteiger partial charge in [0.1, 0.15) is 11.6 Å². The molecule has 1 aromatic carbocycles. The molecule has 4 bridgehead atoms. The van der Waals surface area contributed by atoms with Gasteiger partial charge in [-0.1, -0.05) is 53.7 Å². The van der Waals surface area contributed by atoms with Crippen LogP contribution in [0.5, 0.6) is 0 Å². The zero-order valence-electron chi connectivity index (χ0n) is 20.3. The van der Waals surface area contributed by atoms with Gasteiger partial charge in [0, 0.05) is 23.8 Å². The standard InChI is InChI=1S/C28H36N2O2/c1-25(2)18-11-14-28(25,6)24(32)17(18)15-29-21-9-7-8-10-22(21)30-16-20-23(31)19-12-13-27(20,5)26(19,3)4/h7-10,15-20H,11-14H2,1-6H3/t17-,18+,19-,20+,27-,28-/m1/s1. The topological polar surface area (TPSA) is 58.9 Å². The van der Waals surface area contributed by atoms with Crippen LogP contribution >= 0.6 is 0 Å². The summed E-state index contributed by atoms with van der Waals surface area (Å²) in [6, 6.07) is 7.80. The number of carbonyl (C=O) groups is 2. The van der Waals surface area contributed by atoms with Crippen molar-refractivity contribution in [1.82, 2.24) is 0 Å². The second kappa shape index (κ2) is 6.71. The summed E-state index contributed by atoms with van der Waals surface area (Å²) >= 11 is 0. The monoisotopic (exact) mass is 432 g/mol. The first-order valence-corrected chi connectivity index (χ1v) is 12.2. The molecule has 0 radical (unpaired) electrons. The van der Waals surface area contributed by atoms with E-state index in [2.05, 4.69) is 41.5 Å². The molecule has 4 aliphatic carbocycles. The summed E-state index contributed by atoms with van der Waals surface area (Å²) < 4.78 is 0. The smallest absolute Gasteiger partial charge is 0.147 e. The van der Waals surface area contributed by atoms with E-state index < -0.39 is 0 Å². The van der Waals surface area contributed by atoms with Gasteiger partial charge in [-0.25, -0.2) is 0 Å². The zero-order valence-corrected chi connectivity index (χ0v) is 20.3. The SMILES string of the molecule is CC1(C)[C@H]2CC[C@]1(C)C(=O)[C@@H]2C=Nc1ccccc1N=C[C@H]1C(=O)[C@H]2CC[C@@]1(C)C2(C)C. The number of nitrogens with zero attached hydrogens (tertiary/aromatic N) is 2. The summed E-state index contributed by atoms with van der Waals surface area (Å²) in [5.41, 5.74) is 1.29. The third-order valence-electron chi connectivity index (χ3n) is 10.8. The molecule has 0 amide bonds. The predicted octanol–water partition coefficient (Wildman–Crippen LogP) is 6.37. The second-order valence-electron chi connectivity index (χ2n) is 12.2. The van der Waals surface area contributed by atoms with Gasteiger partial charge < -0.3 is 0 Å². The lowest BCUT2D eigenvalue weighted by Gasteiger charge is -2.36. The Morgan fingerprint density at radius 3 is 2.00 bits per heavy atom. The zero-order chi connectivity index (χ0) is 23.1. The number of Topliss-reactive ketones (excluding diaryl/α,β-unsaturated/α-hetero) is 2. The Balaban J connectivity index is 1.41. The van der Waals surface area contributed by atoms with Crippen LogP contribution in [0.3, 0.4) is 0 Å². The number of benzene rings is 1. The van der Waals surface area contributed by atoms with Crippen molar-refractivity contribution < 1.29 is 9.59 Å². The van der Waals surface area contributed by atoms with Crippen molar-refractivity contribution in [1.29, 1.82) is 0 Å². The van der Waals surface area contributed by atoms with E-state index in [0.717, 1.165) is 37.1 Å². The Morgan fingerprint density at radius 2 is 1.47 bits per heavy atom. The Bertz CT molecular complexity index is 1050. The molecule has 0 heterocycles. The molecule has 0 spiro atoms. The summed E-state index contributed by atoms with van der Waals surface area (Å²) in [4.78, 5) is 35.7. The average Bonchev–Trinajstić information content (AvgIpc) is 3.22. The largest absolute Gasteiger partial charge is 0.299 e. The van der Waals surface area contributed by atoms with Gasteiger partial charge in [-0.2, -0.15) is 0 Å². The molecular formula is C28H36N2O2. The third kappa shape index (κ3) is 2.55. The van der Waals surface area contributed by atoms with E-state index in [1.54, 1.807) is 0 Å². The maximum atomic E-state index is 13.2. The number of hydrogen-bond acceptors (Lipinski definition) is 4. The van der Waals surface area contributed by atoms with Crippen molar-refractivity contribution in [2.45, 2.75) is 67.2 Å². The minimum atomic E-state index is -0.240. The normalized spacial score (nSPS) is 41.6. The summed E-state index contributed by atoms with van der Waals surface area (Å²) in [6.07, 6.45) is 7.91. The number of hydrogen-bond donors (Lipinski definition) is 0. The lowest BCUT2D eigenvalue weighted by Crippen LogP contribution is -2.34. The van der Waals surface area contributed by atoms with Crippen molar-refractivity contribution in [3.05, 3.63) is 24.3 Å². The first-order valence-electron chi connectivity index (χ1n) is 12.2. The molecular weight excluding hydrogens is 396 g/mol. The van der Waals surface area contributed by atoms with Crippen molar-refractivity contribution in [2.24, 2.45) is 55.3 Å². The molecule has 0 unspecified atom stereocenters. The van der Waals surface area contributed by atoms with Gasteiger partial charge in [-0.05, 0) is 60.0 Å². The summed E-state index contributed by atoms with van der Waals surface area (Å²) in [5, 5.41) is 0. The molecule has 0 saturated heterocycles. The van der Waals surface area contributed by atoms with Crippen LogP contribution in [-0.4, -0.2) is 24.0 Å². The maximum absolute atomic E-state index is 13.2. The Morgan fingerprint density at radius 1 is 0.844 bits per heavy atom. The van der Waals surface area contributed by atoms with E-state index in [1.165, 1.54) is 0 Å². The van der Waals surface area contributed by atoms with Gasteiger partial charge in [0.25, 0.3) is 0 Å². The molecule has 1 aromatic rings. The van der Waals surface area contributed by atoms with E-state index in [1.807, 2.05) is 36.7 Å². The van der Waals surface area contributed by atoms with E-state index in [0.29, 0.717) is 17.5 Å². The molecule has 5 rings (SSSR count). The number of para-hydroxylation sites is 2. The fourth-order valence-corrected chi connectivity index (χ4v) is 7.67. The highest BCUT2D eigenvalue weighted by Crippen LogP contribution is 2.66. The summed E-state index contributed by atoms with van der Waals surface area (Å²) in [5.74, 6) is 0.926. The molecule has 6 atom stereocenters. The molecule has 4 fully saturated rings. The van der Waals surface area contributed by atoms with E-state index >= 15 is 0 Å². The first-order chi connectivity index (χ1) is 14.9. The summed E-state index contributed by atoms with van der Waals surface area (Å²) in [7, 11) is 0. The number of fused-ring (bicyclic) bond motifs is 4. The van der Waals surface area contributed by atoms with E-state index in [-0.39, 0.29) is 39.4 Å². The molecule has 170 valence electrons. The van der Waals surface area contributed by atoms with Gasteiger partial charge in [0.2, 0.25) is 0 Å². The van der Waals surface area contributed by atoms with E-state index in [4.69, 9.17) is 9.98 Å².